The van der Waals surface area contributed by atoms with Crippen molar-refractivity contribution in [3.63, 3.8) is 0 Å². The molecule has 114 valence electrons. The van der Waals surface area contributed by atoms with Crippen LogP contribution in [0.25, 0.3) is 10.2 Å². The molecule has 0 spiro atoms. The monoisotopic (exact) mass is 304 g/mol. The molecule has 4 nitrogen and oxygen atoms in total. The van der Waals surface area contributed by atoms with Crippen molar-refractivity contribution in [3.05, 3.63) is 10.9 Å². The summed E-state index contributed by atoms with van der Waals surface area (Å²) >= 11 is 1.80. The summed E-state index contributed by atoms with van der Waals surface area (Å²) in [5, 5.41) is 4.52. The topological polar surface area (TPSA) is 41.1 Å². The molecule has 3 rings (SSSR count). The van der Waals surface area contributed by atoms with Crippen LogP contribution in [0.15, 0.2) is 6.07 Å². The molecule has 0 aromatic carbocycles. The number of hydrogen-bond donors (Lipinski definition) is 1. The Labute approximate surface area is 130 Å². The van der Waals surface area contributed by atoms with Crippen molar-refractivity contribution in [1.29, 1.82) is 0 Å². The molecule has 5 heteroatoms. The van der Waals surface area contributed by atoms with Crippen LogP contribution in [-0.4, -0.2) is 29.6 Å². The molecule has 0 bridgehead atoms. The van der Waals surface area contributed by atoms with Crippen LogP contribution in [0.3, 0.4) is 0 Å². The van der Waals surface area contributed by atoms with E-state index in [2.05, 4.69) is 35.1 Å². The van der Waals surface area contributed by atoms with Gasteiger partial charge in [-0.2, -0.15) is 4.98 Å². The second-order valence-corrected chi connectivity index (χ2v) is 6.70. The van der Waals surface area contributed by atoms with Crippen molar-refractivity contribution < 1.29 is 0 Å². The van der Waals surface area contributed by atoms with Crippen LogP contribution in [0.2, 0.25) is 0 Å². The summed E-state index contributed by atoms with van der Waals surface area (Å²) in [4.78, 5) is 14.5. The van der Waals surface area contributed by atoms with Gasteiger partial charge >= 0.3 is 0 Å². The first-order valence-electron chi connectivity index (χ1n) is 8.11. The number of fused-ring (bicyclic) bond motifs is 1. The first-order valence-corrected chi connectivity index (χ1v) is 8.92. The lowest BCUT2D eigenvalue weighted by Gasteiger charge is -2.22. The standard InChI is InChI=1S/C16H24N4S/c1-3-12-11-13-14(20-9-7-5-6-8-10-20)18-16(17-4-2)19-15(13)21-12/h11H,3-10H2,1-2H3,(H,17,18,19). The fourth-order valence-electron chi connectivity index (χ4n) is 2.89. The van der Waals surface area contributed by atoms with Gasteiger partial charge in [0.05, 0.1) is 5.39 Å². The van der Waals surface area contributed by atoms with Gasteiger partial charge in [0.15, 0.2) is 0 Å². The molecule has 1 aliphatic rings. The number of hydrogen-bond acceptors (Lipinski definition) is 5. The van der Waals surface area contributed by atoms with E-state index in [9.17, 15) is 0 Å². The van der Waals surface area contributed by atoms with Crippen molar-refractivity contribution in [2.45, 2.75) is 46.0 Å². The molecule has 1 aliphatic heterocycles. The summed E-state index contributed by atoms with van der Waals surface area (Å²) in [6.07, 6.45) is 6.29. The molecule has 0 saturated carbocycles. The van der Waals surface area contributed by atoms with Gasteiger partial charge in [-0.25, -0.2) is 4.98 Å². The average Bonchev–Trinajstić information content (AvgIpc) is 2.72. The summed E-state index contributed by atoms with van der Waals surface area (Å²) in [5.41, 5.74) is 0. The zero-order chi connectivity index (χ0) is 14.7. The smallest absolute Gasteiger partial charge is 0.226 e. The first-order chi connectivity index (χ1) is 10.3. The lowest BCUT2D eigenvalue weighted by atomic mass is 10.2. The Bertz CT molecular complexity index is 600. The third-order valence-corrected chi connectivity index (χ3v) is 5.19. The second-order valence-electron chi connectivity index (χ2n) is 5.59. The molecule has 2 aromatic heterocycles. The average molecular weight is 304 g/mol. The highest BCUT2D eigenvalue weighted by atomic mass is 32.1. The molecular weight excluding hydrogens is 280 g/mol. The SMILES string of the molecule is CCNc1nc(N2CCCCCC2)c2cc(CC)sc2n1. The molecule has 0 radical (unpaired) electrons. The quantitative estimate of drug-likeness (QED) is 0.924. The van der Waals surface area contributed by atoms with E-state index in [1.165, 1.54) is 35.9 Å². The Kier molecular flexibility index (Phi) is 4.58. The number of nitrogens with zero attached hydrogens (tertiary/aromatic N) is 3. The number of rotatable bonds is 4. The van der Waals surface area contributed by atoms with Crippen LogP contribution in [0, 0.1) is 0 Å². The zero-order valence-corrected chi connectivity index (χ0v) is 13.8. The Morgan fingerprint density at radius 2 is 1.90 bits per heavy atom. The van der Waals surface area contributed by atoms with Gasteiger partial charge in [0, 0.05) is 24.5 Å². The maximum atomic E-state index is 4.81. The minimum absolute atomic E-state index is 0.772. The van der Waals surface area contributed by atoms with Crippen LogP contribution < -0.4 is 10.2 Å². The van der Waals surface area contributed by atoms with Crippen molar-refractivity contribution in [2.24, 2.45) is 0 Å². The van der Waals surface area contributed by atoms with E-state index in [0.717, 1.165) is 42.7 Å². The van der Waals surface area contributed by atoms with Crippen molar-refractivity contribution >= 4 is 33.3 Å². The van der Waals surface area contributed by atoms with Crippen LogP contribution in [0.5, 0.6) is 0 Å². The first kappa shape index (κ1) is 14.6. The van der Waals surface area contributed by atoms with E-state index >= 15 is 0 Å². The van der Waals surface area contributed by atoms with Gasteiger partial charge in [0.2, 0.25) is 5.95 Å². The molecule has 21 heavy (non-hydrogen) atoms. The number of aryl methyl sites for hydroxylation is 1. The minimum atomic E-state index is 0.772. The highest BCUT2D eigenvalue weighted by Crippen LogP contribution is 2.33. The minimum Gasteiger partial charge on any atom is -0.356 e. The highest BCUT2D eigenvalue weighted by molar-refractivity contribution is 7.18. The summed E-state index contributed by atoms with van der Waals surface area (Å²) < 4.78 is 0. The van der Waals surface area contributed by atoms with E-state index in [4.69, 9.17) is 4.98 Å². The summed E-state index contributed by atoms with van der Waals surface area (Å²) in [5.74, 6) is 1.91. The molecule has 0 atom stereocenters. The van der Waals surface area contributed by atoms with Gasteiger partial charge in [-0.3, -0.25) is 0 Å². The van der Waals surface area contributed by atoms with Crippen molar-refractivity contribution in [2.75, 3.05) is 29.9 Å². The molecule has 2 aromatic rings. The van der Waals surface area contributed by atoms with Crippen LogP contribution in [0.4, 0.5) is 11.8 Å². The van der Waals surface area contributed by atoms with Gasteiger partial charge in [-0.15, -0.1) is 11.3 Å². The Morgan fingerprint density at radius 3 is 2.57 bits per heavy atom. The lowest BCUT2D eigenvalue weighted by molar-refractivity contribution is 0.726. The van der Waals surface area contributed by atoms with Crippen molar-refractivity contribution in [1.82, 2.24) is 9.97 Å². The molecule has 0 amide bonds. The molecule has 3 heterocycles. The second kappa shape index (κ2) is 6.60. The fourth-order valence-corrected chi connectivity index (χ4v) is 3.85. The lowest BCUT2D eigenvalue weighted by Crippen LogP contribution is -2.25. The van der Waals surface area contributed by atoms with E-state index < -0.39 is 0 Å². The van der Waals surface area contributed by atoms with Crippen LogP contribution >= 0.6 is 11.3 Å². The summed E-state index contributed by atoms with van der Waals surface area (Å²) in [6.45, 7) is 7.39. The van der Waals surface area contributed by atoms with E-state index in [1.54, 1.807) is 11.3 Å². The Morgan fingerprint density at radius 1 is 1.14 bits per heavy atom. The van der Waals surface area contributed by atoms with Gasteiger partial charge < -0.3 is 10.2 Å². The number of nitrogens with one attached hydrogen (secondary N) is 1. The number of aromatic nitrogens is 2. The molecule has 1 fully saturated rings. The predicted molar refractivity (Wildman–Crippen MR) is 91.6 cm³/mol. The van der Waals surface area contributed by atoms with E-state index in [1.807, 2.05) is 0 Å². The third kappa shape index (κ3) is 3.12. The third-order valence-electron chi connectivity index (χ3n) is 4.01. The van der Waals surface area contributed by atoms with Gasteiger partial charge in [-0.05, 0) is 32.3 Å². The largest absolute Gasteiger partial charge is 0.356 e. The zero-order valence-electron chi connectivity index (χ0n) is 13.0. The van der Waals surface area contributed by atoms with Crippen LogP contribution in [-0.2, 0) is 6.42 Å². The molecule has 1 saturated heterocycles. The molecule has 1 N–H and O–H groups in total. The normalized spacial score (nSPS) is 16.2. The van der Waals surface area contributed by atoms with Crippen molar-refractivity contribution in [3.8, 4) is 0 Å². The predicted octanol–water partition coefficient (Wildman–Crippen LogP) is 4.07. The van der Waals surface area contributed by atoms with Crippen LogP contribution in [0.1, 0.15) is 44.4 Å². The maximum Gasteiger partial charge on any atom is 0.226 e. The molecule has 0 unspecified atom stereocenters. The maximum absolute atomic E-state index is 4.81. The molecular formula is C16H24N4S. The van der Waals surface area contributed by atoms with Gasteiger partial charge in [0.1, 0.15) is 10.6 Å². The van der Waals surface area contributed by atoms with E-state index in [0.29, 0.717) is 0 Å². The summed E-state index contributed by atoms with van der Waals surface area (Å²) in [6, 6.07) is 2.29. The number of thiophene rings is 1. The summed E-state index contributed by atoms with van der Waals surface area (Å²) in [7, 11) is 0. The Hall–Kier alpha value is -1.36. The number of anilines is 2. The van der Waals surface area contributed by atoms with E-state index in [-0.39, 0.29) is 0 Å². The Balaban J connectivity index is 2.05. The molecule has 0 aliphatic carbocycles. The fraction of sp³-hybridized carbons (Fsp3) is 0.625. The van der Waals surface area contributed by atoms with Gasteiger partial charge in [0.25, 0.3) is 0 Å². The highest BCUT2D eigenvalue weighted by Gasteiger charge is 2.18. The van der Waals surface area contributed by atoms with Gasteiger partial charge in [-0.1, -0.05) is 19.8 Å².